The molecule has 1 aromatic rings. The van der Waals surface area contributed by atoms with Crippen molar-refractivity contribution in [2.24, 2.45) is 0 Å². The predicted octanol–water partition coefficient (Wildman–Crippen LogP) is 1.83. The Hall–Kier alpha value is -1.35. The summed E-state index contributed by atoms with van der Waals surface area (Å²) in [6, 6.07) is 10.4. The zero-order chi connectivity index (χ0) is 13.0. The molecule has 3 heteroatoms. The van der Waals surface area contributed by atoms with Gasteiger partial charge in [-0.3, -0.25) is 4.79 Å². The number of amides is 1. The summed E-state index contributed by atoms with van der Waals surface area (Å²) in [6.07, 6.45) is 2.37. The van der Waals surface area contributed by atoms with Crippen molar-refractivity contribution in [3.8, 4) is 0 Å². The number of hydrogen-bond acceptors (Lipinski definition) is 2. The van der Waals surface area contributed by atoms with Crippen molar-refractivity contribution in [2.75, 3.05) is 13.1 Å². The number of rotatable bonds is 4. The molecule has 98 valence electrons. The Morgan fingerprint density at radius 2 is 2.11 bits per heavy atom. The molecule has 1 fully saturated rings. The van der Waals surface area contributed by atoms with Crippen molar-refractivity contribution in [1.29, 1.82) is 0 Å². The maximum atomic E-state index is 12.3. The van der Waals surface area contributed by atoms with Gasteiger partial charge in [-0.15, -0.1) is 0 Å². The summed E-state index contributed by atoms with van der Waals surface area (Å²) in [5.41, 5.74) is 0.585. The van der Waals surface area contributed by atoms with E-state index < -0.39 is 5.41 Å². The summed E-state index contributed by atoms with van der Waals surface area (Å²) >= 11 is 0. The van der Waals surface area contributed by atoms with E-state index in [4.69, 9.17) is 0 Å². The molecular weight excluding hydrogens is 224 g/mol. The zero-order valence-electron chi connectivity index (χ0n) is 11.2. The first kappa shape index (κ1) is 13.1. The lowest BCUT2D eigenvalue weighted by molar-refractivity contribution is -0.125. The third kappa shape index (κ3) is 2.91. The highest BCUT2D eigenvalue weighted by Gasteiger charge is 2.29. The zero-order valence-corrected chi connectivity index (χ0v) is 11.2. The van der Waals surface area contributed by atoms with Crippen LogP contribution >= 0.6 is 0 Å². The molecule has 0 aliphatic carbocycles. The van der Waals surface area contributed by atoms with Crippen molar-refractivity contribution in [3.05, 3.63) is 35.9 Å². The molecule has 1 saturated heterocycles. The average molecular weight is 246 g/mol. The highest BCUT2D eigenvalue weighted by atomic mass is 16.2. The Bertz CT molecular complexity index is 394. The van der Waals surface area contributed by atoms with Crippen molar-refractivity contribution in [2.45, 2.75) is 38.1 Å². The van der Waals surface area contributed by atoms with E-state index in [0.29, 0.717) is 6.04 Å². The Morgan fingerprint density at radius 3 is 2.72 bits per heavy atom. The third-order valence-corrected chi connectivity index (χ3v) is 3.73. The van der Waals surface area contributed by atoms with Crippen molar-refractivity contribution >= 4 is 5.91 Å². The molecular formula is C15H22N2O. The second-order valence-corrected chi connectivity index (χ2v) is 5.49. The number of carbonyl (C=O) groups excluding carboxylic acids is 1. The molecule has 1 unspecified atom stereocenters. The normalized spacial score (nSPS) is 19.8. The molecule has 0 saturated carbocycles. The van der Waals surface area contributed by atoms with Crippen LogP contribution in [0.2, 0.25) is 0 Å². The van der Waals surface area contributed by atoms with Gasteiger partial charge in [-0.05, 0) is 38.8 Å². The van der Waals surface area contributed by atoms with E-state index in [9.17, 15) is 4.79 Å². The molecule has 1 aliphatic heterocycles. The van der Waals surface area contributed by atoms with Gasteiger partial charge >= 0.3 is 0 Å². The van der Waals surface area contributed by atoms with Crippen molar-refractivity contribution in [1.82, 2.24) is 10.6 Å². The number of carbonyl (C=O) groups is 1. The summed E-state index contributed by atoms with van der Waals surface area (Å²) in [5.74, 6) is 0.0994. The van der Waals surface area contributed by atoms with Gasteiger partial charge in [0, 0.05) is 12.6 Å². The van der Waals surface area contributed by atoms with E-state index in [1.165, 1.54) is 6.42 Å². The molecule has 1 heterocycles. The highest BCUT2D eigenvalue weighted by Crippen LogP contribution is 2.22. The quantitative estimate of drug-likeness (QED) is 0.851. The highest BCUT2D eigenvalue weighted by molar-refractivity contribution is 5.87. The Kier molecular flexibility index (Phi) is 4.02. The fourth-order valence-electron chi connectivity index (χ4n) is 2.35. The van der Waals surface area contributed by atoms with E-state index in [1.54, 1.807) is 0 Å². The molecule has 0 aromatic heterocycles. The maximum absolute atomic E-state index is 12.3. The van der Waals surface area contributed by atoms with Crippen LogP contribution in [0.3, 0.4) is 0 Å². The van der Waals surface area contributed by atoms with Gasteiger partial charge in [0.25, 0.3) is 0 Å². The first-order valence-corrected chi connectivity index (χ1v) is 6.68. The van der Waals surface area contributed by atoms with Crippen LogP contribution in [0.25, 0.3) is 0 Å². The van der Waals surface area contributed by atoms with Crippen LogP contribution in [0.4, 0.5) is 0 Å². The van der Waals surface area contributed by atoms with Crippen LogP contribution in [0.15, 0.2) is 30.3 Å². The molecule has 2 N–H and O–H groups in total. The van der Waals surface area contributed by atoms with Gasteiger partial charge in [0.2, 0.25) is 5.91 Å². The van der Waals surface area contributed by atoms with Gasteiger partial charge in [0.15, 0.2) is 0 Å². The molecule has 18 heavy (non-hydrogen) atoms. The van der Waals surface area contributed by atoms with Gasteiger partial charge in [0.1, 0.15) is 0 Å². The lowest BCUT2D eigenvalue weighted by Gasteiger charge is -2.25. The van der Waals surface area contributed by atoms with Crippen LogP contribution in [-0.2, 0) is 10.2 Å². The number of hydrogen-bond donors (Lipinski definition) is 2. The van der Waals surface area contributed by atoms with E-state index in [-0.39, 0.29) is 5.91 Å². The van der Waals surface area contributed by atoms with Gasteiger partial charge in [-0.25, -0.2) is 0 Å². The largest absolute Gasteiger partial charge is 0.354 e. The number of benzene rings is 1. The van der Waals surface area contributed by atoms with E-state index >= 15 is 0 Å². The minimum Gasteiger partial charge on any atom is -0.354 e. The standard InChI is InChI=1S/C15H22N2O/c1-15(2,12-7-4-3-5-8-12)14(18)17-11-13-9-6-10-16-13/h3-5,7-8,13,16H,6,9-11H2,1-2H3,(H,17,18). The summed E-state index contributed by atoms with van der Waals surface area (Å²) < 4.78 is 0. The smallest absolute Gasteiger partial charge is 0.230 e. The van der Waals surface area contributed by atoms with Gasteiger partial charge in [-0.2, -0.15) is 0 Å². The second-order valence-electron chi connectivity index (χ2n) is 5.49. The molecule has 1 aromatic carbocycles. The van der Waals surface area contributed by atoms with Crippen molar-refractivity contribution in [3.63, 3.8) is 0 Å². The molecule has 3 nitrogen and oxygen atoms in total. The van der Waals surface area contributed by atoms with Gasteiger partial charge in [0.05, 0.1) is 5.41 Å². The van der Waals surface area contributed by atoms with Crippen LogP contribution in [0.1, 0.15) is 32.3 Å². The molecule has 2 rings (SSSR count). The molecule has 1 aliphatic rings. The molecule has 0 bridgehead atoms. The van der Waals surface area contributed by atoms with E-state index in [1.807, 2.05) is 44.2 Å². The minimum atomic E-state index is -0.472. The van der Waals surface area contributed by atoms with Gasteiger partial charge in [-0.1, -0.05) is 30.3 Å². The Morgan fingerprint density at radius 1 is 1.39 bits per heavy atom. The summed E-state index contributed by atoms with van der Waals surface area (Å²) in [4.78, 5) is 12.3. The van der Waals surface area contributed by atoms with Crippen molar-refractivity contribution < 1.29 is 4.79 Å². The first-order valence-electron chi connectivity index (χ1n) is 6.68. The predicted molar refractivity (Wildman–Crippen MR) is 73.5 cm³/mol. The lowest BCUT2D eigenvalue weighted by Crippen LogP contribution is -2.45. The van der Waals surface area contributed by atoms with E-state index in [0.717, 1.165) is 25.1 Å². The van der Waals surface area contributed by atoms with Crippen LogP contribution < -0.4 is 10.6 Å². The SMILES string of the molecule is CC(C)(C(=O)NCC1CCCN1)c1ccccc1. The molecule has 0 radical (unpaired) electrons. The van der Waals surface area contributed by atoms with Crippen LogP contribution in [-0.4, -0.2) is 25.0 Å². The Balaban J connectivity index is 1.94. The van der Waals surface area contributed by atoms with Gasteiger partial charge < -0.3 is 10.6 Å². The Labute approximate surface area is 109 Å². The topological polar surface area (TPSA) is 41.1 Å². The third-order valence-electron chi connectivity index (χ3n) is 3.73. The molecule has 1 amide bonds. The van der Waals surface area contributed by atoms with Crippen LogP contribution in [0, 0.1) is 0 Å². The second kappa shape index (κ2) is 5.53. The minimum absolute atomic E-state index is 0.0994. The van der Waals surface area contributed by atoms with Crippen LogP contribution in [0.5, 0.6) is 0 Å². The molecule has 0 spiro atoms. The van der Waals surface area contributed by atoms with E-state index in [2.05, 4.69) is 10.6 Å². The number of nitrogens with one attached hydrogen (secondary N) is 2. The average Bonchev–Trinajstić information content (AvgIpc) is 2.90. The summed E-state index contributed by atoms with van der Waals surface area (Å²) in [5, 5.41) is 6.45. The maximum Gasteiger partial charge on any atom is 0.230 e. The lowest BCUT2D eigenvalue weighted by atomic mass is 9.83. The monoisotopic (exact) mass is 246 g/mol. The fraction of sp³-hybridized carbons (Fsp3) is 0.533. The molecule has 1 atom stereocenters. The fourth-order valence-corrected chi connectivity index (χ4v) is 2.35. The first-order chi connectivity index (χ1) is 8.60. The summed E-state index contributed by atoms with van der Waals surface area (Å²) in [6.45, 7) is 5.75. The summed E-state index contributed by atoms with van der Waals surface area (Å²) in [7, 11) is 0.